The lowest BCUT2D eigenvalue weighted by atomic mass is 10.1. The Kier molecular flexibility index (Phi) is 5.19. The predicted molar refractivity (Wildman–Crippen MR) is 101 cm³/mol. The summed E-state index contributed by atoms with van der Waals surface area (Å²) in [5.41, 5.74) is 0.434. The molecular formula is C21H18F3N3O3. The van der Waals surface area contributed by atoms with Crippen LogP contribution in [0, 0.1) is 0 Å². The van der Waals surface area contributed by atoms with Crippen molar-refractivity contribution in [2.24, 2.45) is 0 Å². The maximum absolute atomic E-state index is 12.9. The molecule has 1 aliphatic rings. The van der Waals surface area contributed by atoms with Crippen molar-refractivity contribution in [2.45, 2.75) is 25.1 Å². The van der Waals surface area contributed by atoms with E-state index in [0.29, 0.717) is 29.6 Å². The highest BCUT2D eigenvalue weighted by Crippen LogP contribution is 2.32. The van der Waals surface area contributed by atoms with E-state index in [1.807, 2.05) is 0 Å². The van der Waals surface area contributed by atoms with Crippen molar-refractivity contribution in [3.8, 4) is 17.1 Å². The van der Waals surface area contributed by atoms with Crippen LogP contribution in [0.3, 0.4) is 0 Å². The van der Waals surface area contributed by atoms with Crippen LogP contribution in [0.5, 0.6) is 5.75 Å². The van der Waals surface area contributed by atoms with Gasteiger partial charge in [0.25, 0.3) is 0 Å². The van der Waals surface area contributed by atoms with E-state index in [4.69, 9.17) is 9.26 Å². The first-order chi connectivity index (χ1) is 14.3. The van der Waals surface area contributed by atoms with Crippen molar-refractivity contribution in [1.29, 1.82) is 0 Å². The Morgan fingerprint density at radius 3 is 2.67 bits per heavy atom. The number of alkyl halides is 3. The number of likely N-dealkylation sites (tertiary alicyclic amines) is 1. The van der Waals surface area contributed by atoms with Gasteiger partial charge in [-0.2, -0.15) is 18.2 Å². The minimum absolute atomic E-state index is 0.0960. The number of methoxy groups -OCH3 is 1. The molecule has 1 aliphatic heterocycles. The number of hydrogen-bond acceptors (Lipinski definition) is 5. The largest absolute Gasteiger partial charge is 0.497 e. The van der Waals surface area contributed by atoms with E-state index in [1.165, 1.54) is 11.0 Å². The third-order valence-corrected chi connectivity index (χ3v) is 4.98. The molecule has 3 aromatic rings. The molecule has 0 aliphatic carbocycles. The molecule has 1 atom stereocenters. The smallest absolute Gasteiger partial charge is 0.416 e. The van der Waals surface area contributed by atoms with Crippen LogP contribution in [0.15, 0.2) is 53.1 Å². The van der Waals surface area contributed by atoms with Gasteiger partial charge in [0.05, 0.1) is 18.6 Å². The van der Waals surface area contributed by atoms with Crippen LogP contribution >= 0.6 is 0 Å². The van der Waals surface area contributed by atoms with E-state index in [-0.39, 0.29) is 24.8 Å². The Hall–Kier alpha value is -3.36. The molecule has 0 N–H and O–H groups in total. The summed E-state index contributed by atoms with van der Waals surface area (Å²) in [6, 6.07) is 12.1. The molecule has 1 aromatic heterocycles. The molecule has 6 nitrogen and oxygen atoms in total. The Bertz CT molecular complexity index is 1050. The number of aromatic nitrogens is 2. The van der Waals surface area contributed by atoms with Crippen LogP contribution in [-0.2, 0) is 17.5 Å². The average molecular weight is 417 g/mol. The predicted octanol–water partition coefficient (Wildman–Crippen LogP) is 4.28. The SMILES string of the molecule is COc1ccc(-c2noc(C3CC(=O)N(Cc4cccc(C(F)(F)F)c4)C3)n2)cc1. The van der Waals surface area contributed by atoms with Gasteiger partial charge < -0.3 is 14.2 Å². The summed E-state index contributed by atoms with van der Waals surface area (Å²) in [7, 11) is 1.57. The summed E-state index contributed by atoms with van der Waals surface area (Å²) < 4.78 is 49.2. The molecule has 1 saturated heterocycles. The minimum Gasteiger partial charge on any atom is -0.497 e. The molecule has 0 bridgehead atoms. The number of nitrogens with zero attached hydrogens (tertiary/aromatic N) is 3. The number of carbonyl (C=O) groups is 1. The van der Waals surface area contributed by atoms with Crippen molar-refractivity contribution < 1.29 is 27.2 Å². The number of rotatable bonds is 5. The van der Waals surface area contributed by atoms with E-state index in [9.17, 15) is 18.0 Å². The molecule has 1 unspecified atom stereocenters. The molecule has 0 radical (unpaired) electrons. The van der Waals surface area contributed by atoms with Gasteiger partial charge in [-0.1, -0.05) is 17.3 Å². The Labute approximate surface area is 170 Å². The van der Waals surface area contributed by atoms with Crippen LogP contribution in [-0.4, -0.2) is 34.6 Å². The zero-order chi connectivity index (χ0) is 21.3. The third-order valence-electron chi connectivity index (χ3n) is 4.98. The maximum Gasteiger partial charge on any atom is 0.416 e. The summed E-state index contributed by atoms with van der Waals surface area (Å²) in [4.78, 5) is 18.3. The van der Waals surface area contributed by atoms with Gasteiger partial charge in [-0.25, -0.2) is 0 Å². The van der Waals surface area contributed by atoms with Crippen LogP contribution in [0.1, 0.15) is 29.4 Å². The first-order valence-electron chi connectivity index (χ1n) is 9.25. The van der Waals surface area contributed by atoms with E-state index in [0.717, 1.165) is 17.7 Å². The molecule has 0 saturated carbocycles. The van der Waals surface area contributed by atoms with Gasteiger partial charge in [0.15, 0.2) is 0 Å². The van der Waals surface area contributed by atoms with Crippen LogP contribution in [0.2, 0.25) is 0 Å². The average Bonchev–Trinajstić information content (AvgIpc) is 3.35. The molecule has 30 heavy (non-hydrogen) atoms. The molecule has 156 valence electrons. The van der Waals surface area contributed by atoms with Gasteiger partial charge in [-0.15, -0.1) is 0 Å². The summed E-state index contributed by atoms with van der Waals surface area (Å²) in [6.07, 6.45) is -4.25. The van der Waals surface area contributed by atoms with Crippen molar-refractivity contribution in [3.63, 3.8) is 0 Å². The van der Waals surface area contributed by atoms with Crippen molar-refractivity contribution in [2.75, 3.05) is 13.7 Å². The summed E-state index contributed by atoms with van der Waals surface area (Å²) >= 11 is 0. The van der Waals surface area contributed by atoms with E-state index < -0.39 is 11.7 Å². The minimum atomic E-state index is -4.42. The molecule has 2 heterocycles. The normalized spacial score (nSPS) is 16.9. The van der Waals surface area contributed by atoms with Crippen LogP contribution in [0.25, 0.3) is 11.4 Å². The lowest BCUT2D eigenvalue weighted by molar-refractivity contribution is -0.137. The second-order valence-electron chi connectivity index (χ2n) is 7.06. The number of ether oxygens (including phenoxy) is 1. The number of amides is 1. The Morgan fingerprint density at radius 2 is 1.97 bits per heavy atom. The lowest BCUT2D eigenvalue weighted by Gasteiger charge is -2.17. The van der Waals surface area contributed by atoms with Gasteiger partial charge in [0, 0.05) is 25.1 Å². The van der Waals surface area contributed by atoms with Gasteiger partial charge in [0.1, 0.15) is 5.75 Å². The standard InChI is InChI=1S/C21H18F3N3O3/c1-29-17-7-5-14(6-8-17)19-25-20(30-26-19)15-10-18(28)27(12-15)11-13-3-2-4-16(9-13)21(22,23)24/h2-9,15H,10-12H2,1H3. The topological polar surface area (TPSA) is 68.5 Å². The fraction of sp³-hybridized carbons (Fsp3) is 0.286. The van der Waals surface area contributed by atoms with Crippen LogP contribution < -0.4 is 4.74 Å². The zero-order valence-corrected chi connectivity index (χ0v) is 16.0. The maximum atomic E-state index is 12.9. The molecule has 4 rings (SSSR count). The summed E-state index contributed by atoms with van der Waals surface area (Å²) in [6.45, 7) is 0.401. The van der Waals surface area contributed by atoms with E-state index >= 15 is 0 Å². The number of hydrogen-bond donors (Lipinski definition) is 0. The molecule has 2 aromatic carbocycles. The van der Waals surface area contributed by atoms with Crippen molar-refractivity contribution in [3.05, 3.63) is 65.5 Å². The quantitative estimate of drug-likeness (QED) is 0.620. The first kappa shape index (κ1) is 19.9. The first-order valence-corrected chi connectivity index (χ1v) is 9.25. The highest BCUT2D eigenvalue weighted by molar-refractivity contribution is 5.79. The summed E-state index contributed by atoms with van der Waals surface area (Å²) in [5.74, 6) is 0.968. The Morgan fingerprint density at radius 1 is 1.20 bits per heavy atom. The second-order valence-corrected chi connectivity index (χ2v) is 7.06. The highest BCUT2D eigenvalue weighted by Gasteiger charge is 2.35. The number of benzene rings is 2. The molecule has 9 heteroatoms. The van der Waals surface area contributed by atoms with Crippen LogP contribution in [0.4, 0.5) is 13.2 Å². The van der Waals surface area contributed by atoms with E-state index in [1.54, 1.807) is 37.4 Å². The third kappa shape index (κ3) is 4.14. The number of halogens is 3. The van der Waals surface area contributed by atoms with Crippen molar-refractivity contribution in [1.82, 2.24) is 15.0 Å². The summed E-state index contributed by atoms with van der Waals surface area (Å²) in [5, 5.41) is 3.98. The van der Waals surface area contributed by atoms with Crippen molar-refractivity contribution >= 4 is 5.91 Å². The lowest BCUT2D eigenvalue weighted by Crippen LogP contribution is -2.24. The fourth-order valence-corrected chi connectivity index (χ4v) is 3.42. The highest BCUT2D eigenvalue weighted by atomic mass is 19.4. The van der Waals surface area contributed by atoms with E-state index in [2.05, 4.69) is 10.1 Å². The number of carbonyl (C=O) groups excluding carboxylic acids is 1. The van der Waals surface area contributed by atoms with Gasteiger partial charge >= 0.3 is 6.18 Å². The van der Waals surface area contributed by atoms with Gasteiger partial charge in [0.2, 0.25) is 17.6 Å². The van der Waals surface area contributed by atoms with Gasteiger partial charge in [-0.05, 0) is 42.0 Å². The Balaban J connectivity index is 1.46. The second kappa shape index (κ2) is 7.81. The molecular weight excluding hydrogens is 399 g/mol. The molecule has 1 fully saturated rings. The monoisotopic (exact) mass is 417 g/mol. The fourth-order valence-electron chi connectivity index (χ4n) is 3.42. The zero-order valence-electron chi connectivity index (χ0n) is 16.0. The molecule has 0 spiro atoms. The van der Waals surface area contributed by atoms with Gasteiger partial charge in [-0.3, -0.25) is 4.79 Å². The molecule has 1 amide bonds.